The van der Waals surface area contributed by atoms with Gasteiger partial charge < -0.3 is 9.73 Å². The van der Waals surface area contributed by atoms with Crippen LogP contribution in [0.2, 0.25) is 5.02 Å². The van der Waals surface area contributed by atoms with Gasteiger partial charge in [-0.05, 0) is 48.6 Å². The second kappa shape index (κ2) is 8.99. The van der Waals surface area contributed by atoms with Crippen molar-refractivity contribution in [2.24, 2.45) is 0 Å². The summed E-state index contributed by atoms with van der Waals surface area (Å²) in [7, 11) is 0. The SMILES string of the molecule is O=C(/C=C/c1ccc(-c2ccccc2)o1)NC(=S)Nc1ccc(Br)cc1Cl. The number of nitrogens with one attached hydrogen (secondary N) is 2. The molecule has 27 heavy (non-hydrogen) atoms. The van der Waals surface area contributed by atoms with Crippen LogP contribution in [-0.2, 0) is 4.79 Å². The number of halogens is 2. The Morgan fingerprint density at radius 1 is 1.11 bits per heavy atom. The van der Waals surface area contributed by atoms with Gasteiger partial charge in [0.25, 0.3) is 0 Å². The highest BCUT2D eigenvalue weighted by molar-refractivity contribution is 9.10. The van der Waals surface area contributed by atoms with Gasteiger partial charge in [-0.15, -0.1) is 0 Å². The molecule has 0 aliphatic rings. The van der Waals surface area contributed by atoms with Crippen molar-refractivity contribution in [3.63, 3.8) is 0 Å². The van der Waals surface area contributed by atoms with E-state index in [1.807, 2.05) is 42.5 Å². The van der Waals surface area contributed by atoms with E-state index in [9.17, 15) is 4.79 Å². The van der Waals surface area contributed by atoms with Crippen molar-refractivity contribution in [2.45, 2.75) is 0 Å². The molecule has 7 heteroatoms. The van der Waals surface area contributed by atoms with Crippen LogP contribution in [-0.4, -0.2) is 11.0 Å². The molecular weight excluding hydrogens is 448 g/mol. The van der Waals surface area contributed by atoms with Gasteiger partial charge in [0.1, 0.15) is 11.5 Å². The van der Waals surface area contributed by atoms with Crippen molar-refractivity contribution >= 4 is 62.5 Å². The van der Waals surface area contributed by atoms with E-state index in [2.05, 4.69) is 26.6 Å². The monoisotopic (exact) mass is 460 g/mol. The first-order valence-electron chi connectivity index (χ1n) is 7.91. The second-order valence-electron chi connectivity index (χ2n) is 5.47. The van der Waals surface area contributed by atoms with Gasteiger partial charge >= 0.3 is 0 Å². The van der Waals surface area contributed by atoms with Crippen molar-refractivity contribution in [2.75, 3.05) is 5.32 Å². The molecule has 1 aromatic heterocycles. The second-order valence-corrected chi connectivity index (χ2v) is 7.20. The van der Waals surface area contributed by atoms with E-state index in [1.165, 1.54) is 6.08 Å². The Balaban J connectivity index is 1.57. The zero-order chi connectivity index (χ0) is 19.2. The van der Waals surface area contributed by atoms with Crippen molar-refractivity contribution in [3.8, 4) is 11.3 Å². The van der Waals surface area contributed by atoms with Crippen molar-refractivity contribution in [3.05, 3.63) is 82.0 Å². The molecule has 0 aliphatic heterocycles. The van der Waals surface area contributed by atoms with Crippen LogP contribution < -0.4 is 10.6 Å². The number of benzene rings is 2. The summed E-state index contributed by atoms with van der Waals surface area (Å²) in [6.07, 6.45) is 2.93. The van der Waals surface area contributed by atoms with Gasteiger partial charge in [-0.25, -0.2) is 0 Å². The molecule has 2 aromatic carbocycles. The van der Waals surface area contributed by atoms with Gasteiger partial charge in [-0.1, -0.05) is 57.9 Å². The first-order valence-corrected chi connectivity index (χ1v) is 9.49. The van der Waals surface area contributed by atoms with Gasteiger partial charge in [-0.2, -0.15) is 0 Å². The molecule has 1 amide bonds. The molecule has 0 spiro atoms. The number of furan rings is 1. The topological polar surface area (TPSA) is 54.3 Å². The lowest BCUT2D eigenvalue weighted by molar-refractivity contribution is -0.115. The molecule has 0 aliphatic carbocycles. The van der Waals surface area contributed by atoms with Gasteiger partial charge in [-0.3, -0.25) is 10.1 Å². The smallest absolute Gasteiger partial charge is 0.250 e. The quantitative estimate of drug-likeness (QED) is 0.376. The molecule has 0 unspecified atom stereocenters. The number of anilines is 1. The Kier molecular flexibility index (Phi) is 6.45. The van der Waals surface area contributed by atoms with Crippen molar-refractivity contribution in [1.82, 2.24) is 5.32 Å². The molecule has 0 bridgehead atoms. The fraction of sp³-hybridized carbons (Fsp3) is 0. The summed E-state index contributed by atoms with van der Waals surface area (Å²) in [4.78, 5) is 12.0. The molecule has 2 N–H and O–H groups in total. The van der Waals surface area contributed by atoms with E-state index in [1.54, 1.807) is 24.3 Å². The summed E-state index contributed by atoms with van der Waals surface area (Å²) in [5.74, 6) is 0.926. The van der Waals surface area contributed by atoms with Crippen LogP contribution in [0.3, 0.4) is 0 Å². The van der Waals surface area contributed by atoms with Crippen LogP contribution in [0.1, 0.15) is 5.76 Å². The third kappa shape index (κ3) is 5.53. The summed E-state index contributed by atoms with van der Waals surface area (Å²) < 4.78 is 6.56. The minimum absolute atomic E-state index is 0.151. The number of carbonyl (C=O) groups excluding carboxylic acids is 1. The lowest BCUT2D eigenvalue weighted by atomic mass is 10.2. The molecule has 4 nitrogen and oxygen atoms in total. The Morgan fingerprint density at radius 3 is 2.63 bits per heavy atom. The van der Waals surface area contributed by atoms with Crippen LogP contribution in [0.4, 0.5) is 5.69 Å². The maximum atomic E-state index is 12.0. The Hall–Kier alpha value is -2.41. The van der Waals surface area contributed by atoms with Crippen LogP contribution in [0.25, 0.3) is 17.4 Å². The first kappa shape index (κ1) is 19.4. The van der Waals surface area contributed by atoms with Gasteiger partial charge in [0, 0.05) is 16.1 Å². The Labute approximate surface area is 175 Å². The number of rotatable bonds is 4. The van der Waals surface area contributed by atoms with E-state index in [-0.39, 0.29) is 11.0 Å². The number of carbonyl (C=O) groups is 1. The van der Waals surface area contributed by atoms with Crippen LogP contribution in [0, 0.1) is 0 Å². The molecule has 1 heterocycles. The van der Waals surface area contributed by atoms with Gasteiger partial charge in [0.15, 0.2) is 5.11 Å². The summed E-state index contributed by atoms with van der Waals surface area (Å²) in [5, 5.41) is 6.08. The highest BCUT2D eigenvalue weighted by Gasteiger charge is 2.06. The van der Waals surface area contributed by atoms with E-state index in [0.717, 1.165) is 15.8 Å². The lowest BCUT2D eigenvalue weighted by Crippen LogP contribution is -2.32. The number of amides is 1. The summed E-state index contributed by atoms with van der Waals surface area (Å²) in [6.45, 7) is 0. The molecule has 3 rings (SSSR count). The summed E-state index contributed by atoms with van der Waals surface area (Å²) in [5.41, 5.74) is 1.58. The van der Waals surface area contributed by atoms with E-state index < -0.39 is 0 Å². The number of hydrogen-bond acceptors (Lipinski definition) is 3. The normalized spacial score (nSPS) is 10.7. The van der Waals surface area contributed by atoms with E-state index in [4.69, 9.17) is 28.2 Å². The highest BCUT2D eigenvalue weighted by atomic mass is 79.9. The predicted molar refractivity (Wildman–Crippen MR) is 117 cm³/mol. The zero-order valence-electron chi connectivity index (χ0n) is 13.9. The molecule has 3 aromatic rings. The molecule has 136 valence electrons. The van der Waals surface area contributed by atoms with Crippen LogP contribution in [0.5, 0.6) is 0 Å². The summed E-state index contributed by atoms with van der Waals surface area (Å²) in [6, 6.07) is 18.7. The van der Waals surface area contributed by atoms with Gasteiger partial charge in [0.2, 0.25) is 5.91 Å². The Bertz CT molecular complexity index is 1000. The number of hydrogen-bond donors (Lipinski definition) is 2. The largest absolute Gasteiger partial charge is 0.457 e. The minimum Gasteiger partial charge on any atom is -0.457 e. The third-order valence-electron chi connectivity index (χ3n) is 3.50. The van der Waals surface area contributed by atoms with Crippen molar-refractivity contribution < 1.29 is 9.21 Å². The fourth-order valence-corrected chi connectivity index (χ4v) is 3.19. The number of thiocarbonyl (C=S) groups is 1. The van der Waals surface area contributed by atoms with E-state index in [0.29, 0.717) is 16.5 Å². The van der Waals surface area contributed by atoms with Crippen LogP contribution in [0.15, 0.2) is 75.6 Å². The maximum Gasteiger partial charge on any atom is 0.250 e. The minimum atomic E-state index is -0.376. The average molecular weight is 462 g/mol. The van der Waals surface area contributed by atoms with Crippen LogP contribution >= 0.6 is 39.7 Å². The zero-order valence-corrected chi connectivity index (χ0v) is 17.1. The molecular formula is C20H14BrClN2O2S. The van der Waals surface area contributed by atoms with E-state index >= 15 is 0 Å². The standard InChI is InChI=1S/C20H14BrClN2O2S/c21-14-6-9-17(16(22)12-14)23-20(27)24-19(25)11-8-15-7-10-18(26-15)13-4-2-1-3-5-13/h1-12H,(H2,23,24,25,27)/b11-8+. The average Bonchev–Trinajstić information content (AvgIpc) is 3.12. The molecule has 0 saturated heterocycles. The summed E-state index contributed by atoms with van der Waals surface area (Å²) >= 11 is 14.6. The fourth-order valence-electron chi connectivity index (χ4n) is 2.26. The predicted octanol–water partition coefficient (Wildman–Crippen LogP) is 5.89. The third-order valence-corrected chi connectivity index (χ3v) is 4.51. The molecule has 0 radical (unpaired) electrons. The molecule has 0 saturated carbocycles. The van der Waals surface area contributed by atoms with Crippen molar-refractivity contribution in [1.29, 1.82) is 0 Å². The lowest BCUT2D eigenvalue weighted by Gasteiger charge is -2.09. The van der Waals surface area contributed by atoms with Gasteiger partial charge in [0.05, 0.1) is 10.7 Å². The molecule has 0 fully saturated rings. The molecule has 0 atom stereocenters. The first-order chi connectivity index (χ1) is 13.0. The highest BCUT2D eigenvalue weighted by Crippen LogP contribution is 2.25. The maximum absolute atomic E-state index is 12.0. The Morgan fingerprint density at radius 2 is 1.89 bits per heavy atom.